The highest BCUT2D eigenvalue weighted by atomic mass is 19.3. The summed E-state index contributed by atoms with van der Waals surface area (Å²) in [6.45, 7) is 3.90. The predicted molar refractivity (Wildman–Crippen MR) is 90.3 cm³/mol. The molecular formula is C20H36F2. The van der Waals surface area contributed by atoms with Crippen molar-refractivity contribution in [2.75, 3.05) is 0 Å². The van der Waals surface area contributed by atoms with E-state index < -0.39 is 5.92 Å². The van der Waals surface area contributed by atoms with Gasteiger partial charge in [-0.3, -0.25) is 0 Å². The lowest BCUT2D eigenvalue weighted by atomic mass is 9.68. The van der Waals surface area contributed by atoms with Gasteiger partial charge in [0.15, 0.2) is 0 Å². The molecule has 0 heterocycles. The Labute approximate surface area is 136 Å². The van der Waals surface area contributed by atoms with E-state index in [1.54, 1.807) is 6.92 Å². The van der Waals surface area contributed by atoms with Gasteiger partial charge in [0, 0.05) is 12.8 Å². The molecule has 0 aromatic carbocycles. The van der Waals surface area contributed by atoms with Crippen LogP contribution in [0.3, 0.4) is 0 Å². The molecule has 0 atom stereocenters. The Morgan fingerprint density at radius 1 is 0.727 bits per heavy atom. The molecule has 0 N–H and O–H groups in total. The van der Waals surface area contributed by atoms with E-state index in [1.807, 2.05) is 0 Å². The molecule has 0 aliphatic heterocycles. The SMILES string of the molecule is CCCC1CCC(C2CCC(CCC(F)(F)CC)CC2)CC1. The zero-order valence-electron chi connectivity index (χ0n) is 14.8. The topological polar surface area (TPSA) is 0 Å². The molecular weight excluding hydrogens is 278 g/mol. The molecule has 0 aromatic heterocycles. The standard InChI is InChI=1S/C20H36F2/c1-3-5-16-6-10-18(11-7-16)19-12-8-17(9-13-19)14-15-20(21,22)4-2/h16-19H,3-15H2,1-2H3. The van der Waals surface area contributed by atoms with Crippen molar-refractivity contribution in [3.8, 4) is 0 Å². The quantitative estimate of drug-likeness (QED) is 0.465. The molecule has 0 radical (unpaired) electrons. The maximum Gasteiger partial charge on any atom is 0.247 e. The highest BCUT2D eigenvalue weighted by Crippen LogP contribution is 2.43. The van der Waals surface area contributed by atoms with Crippen molar-refractivity contribution in [3.63, 3.8) is 0 Å². The van der Waals surface area contributed by atoms with Crippen LogP contribution in [-0.2, 0) is 0 Å². The number of hydrogen-bond acceptors (Lipinski definition) is 0. The van der Waals surface area contributed by atoms with Crippen LogP contribution in [0.25, 0.3) is 0 Å². The zero-order valence-corrected chi connectivity index (χ0v) is 14.8. The van der Waals surface area contributed by atoms with Gasteiger partial charge in [0.05, 0.1) is 0 Å². The van der Waals surface area contributed by atoms with Crippen LogP contribution in [0.15, 0.2) is 0 Å². The minimum atomic E-state index is -2.42. The Bertz CT molecular complexity index is 297. The summed E-state index contributed by atoms with van der Waals surface area (Å²) in [7, 11) is 0. The molecule has 2 fully saturated rings. The maximum absolute atomic E-state index is 13.4. The van der Waals surface area contributed by atoms with Gasteiger partial charge in [-0.05, 0) is 55.8 Å². The number of halogens is 2. The second kappa shape index (κ2) is 8.64. The van der Waals surface area contributed by atoms with Crippen molar-refractivity contribution in [2.24, 2.45) is 23.7 Å². The van der Waals surface area contributed by atoms with E-state index in [4.69, 9.17) is 0 Å². The Hall–Kier alpha value is -0.140. The van der Waals surface area contributed by atoms with Gasteiger partial charge in [-0.2, -0.15) is 0 Å². The van der Waals surface area contributed by atoms with Crippen LogP contribution in [0, 0.1) is 23.7 Å². The zero-order chi connectivity index (χ0) is 16.0. The molecule has 130 valence electrons. The van der Waals surface area contributed by atoms with Crippen molar-refractivity contribution in [2.45, 2.75) is 103 Å². The summed E-state index contributed by atoms with van der Waals surface area (Å²) in [5.41, 5.74) is 0. The molecule has 2 saturated carbocycles. The Morgan fingerprint density at radius 2 is 1.18 bits per heavy atom. The number of alkyl halides is 2. The van der Waals surface area contributed by atoms with Crippen LogP contribution in [0.1, 0.15) is 97.3 Å². The summed E-state index contributed by atoms with van der Waals surface area (Å²) < 4.78 is 26.7. The molecule has 0 nitrogen and oxygen atoms in total. The first-order valence-electron chi connectivity index (χ1n) is 9.92. The third kappa shape index (κ3) is 5.49. The summed E-state index contributed by atoms with van der Waals surface area (Å²) in [6.07, 6.45) is 14.4. The van der Waals surface area contributed by atoms with E-state index in [1.165, 1.54) is 64.2 Å². The van der Waals surface area contributed by atoms with Gasteiger partial charge >= 0.3 is 0 Å². The van der Waals surface area contributed by atoms with Gasteiger partial charge in [0.2, 0.25) is 5.92 Å². The molecule has 0 saturated heterocycles. The van der Waals surface area contributed by atoms with Gasteiger partial charge in [-0.25, -0.2) is 8.78 Å². The molecule has 2 aliphatic rings. The highest BCUT2D eigenvalue weighted by Gasteiger charge is 2.32. The fraction of sp³-hybridized carbons (Fsp3) is 1.00. The minimum absolute atomic E-state index is 0.00332. The normalized spacial score (nSPS) is 33.8. The van der Waals surface area contributed by atoms with Crippen LogP contribution in [-0.4, -0.2) is 5.92 Å². The third-order valence-corrected chi connectivity index (χ3v) is 6.58. The maximum atomic E-state index is 13.4. The van der Waals surface area contributed by atoms with Crippen molar-refractivity contribution in [3.05, 3.63) is 0 Å². The smallest absolute Gasteiger partial charge is 0.207 e. The fourth-order valence-electron chi connectivity index (χ4n) is 4.90. The molecule has 0 spiro atoms. The summed E-state index contributed by atoms with van der Waals surface area (Å²) in [4.78, 5) is 0. The van der Waals surface area contributed by atoms with Crippen LogP contribution in [0.2, 0.25) is 0 Å². The molecule has 0 amide bonds. The lowest BCUT2D eigenvalue weighted by Crippen LogP contribution is -2.26. The van der Waals surface area contributed by atoms with Gasteiger partial charge in [0.1, 0.15) is 0 Å². The van der Waals surface area contributed by atoms with Gasteiger partial charge in [-0.15, -0.1) is 0 Å². The second-order valence-corrected chi connectivity index (χ2v) is 8.10. The number of hydrogen-bond donors (Lipinski definition) is 0. The summed E-state index contributed by atoms with van der Waals surface area (Å²) in [5, 5.41) is 0. The van der Waals surface area contributed by atoms with Gasteiger partial charge < -0.3 is 0 Å². The highest BCUT2D eigenvalue weighted by molar-refractivity contribution is 4.82. The van der Waals surface area contributed by atoms with E-state index >= 15 is 0 Å². The summed E-state index contributed by atoms with van der Waals surface area (Å²) >= 11 is 0. The first-order valence-corrected chi connectivity index (χ1v) is 9.92. The van der Waals surface area contributed by atoms with E-state index in [9.17, 15) is 8.78 Å². The monoisotopic (exact) mass is 314 g/mol. The molecule has 2 aliphatic carbocycles. The summed E-state index contributed by atoms with van der Waals surface area (Å²) in [6, 6.07) is 0. The van der Waals surface area contributed by atoms with Gasteiger partial charge in [0.25, 0.3) is 0 Å². The fourth-order valence-corrected chi connectivity index (χ4v) is 4.90. The van der Waals surface area contributed by atoms with E-state index in [0.29, 0.717) is 5.92 Å². The minimum Gasteiger partial charge on any atom is -0.207 e. The summed E-state index contributed by atoms with van der Waals surface area (Å²) in [5.74, 6) is 1.00. The predicted octanol–water partition coefficient (Wildman–Crippen LogP) is 7.22. The largest absolute Gasteiger partial charge is 0.247 e. The first kappa shape index (κ1) is 18.2. The molecule has 2 heteroatoms. The second-order valence-electron chi connectivity index (χ2n) is 8.10. The molecule has 22 heavy (non-hydrogen) atoms. The van der Waals surface area contributed by atoms with E-state index in [2.05, 4.69) is 6.92 Å². The van der Waals surface area contributed by atoms with E-state index in [0.717, 1.165) is 24.2 Å². The van der Waals surface area contributed by atoms with Crippen molar-refractivity contribution in [1.29, 1.82) is 0 Å². The van der Waals surface area contributed by atoms with Crippen molar-refractivity contribution >= 4 is 0 Å². The Balaban J connectivity index is 1.65. The third-order valence-electron chi connectivity index (χ3n) is 6.58. The average Bonchev–Trinajstić information content (AvgIpc) is 2.55. The number of rotatable bonds is 7. The van der Waals surface area contributed by atoms with Gasteiger partial charge in [-0.1, -0.05) is 52.4 Å². The van der Waals surface area contributed by atoms with Crippen molar-refractivity contribution in [1.82, 2.24) is 0 Å². The molecule has 2 rings (SSSR count). The molecule has 0 bridgehead atoms. The Morgan fingerprint density at radius 3 is 1.59 bits per heavy atom. The lowest BCUT2D eigenvalue weighted by molar-refractivity contribution is -0.0193. The van der Waals surface area contributed by atoms with Crippen LogP contribution < -0.4 is 0 Å². The average molecular weight is 315 g/mol. The lowest BCUT2D eigenvalue weighted by Gasteiger charge is -2.38. The van der Waals surface area contributed by atoms with Crippen LogP contribution in [0.4, 0.5) is 8.78 Å². The molecule has 0 unspecified atom stereocenters. The first-order chi connectivity index (χ1) is 10.5. The Kier molecular flexibility index (Phi) is 7.15. The van der Waals surface area contributed by atoms with Crippen molar-refractivity contribution < 1.29 is 8.78 Å². The van der Waals surface area contributed by atoms with Crippen LogP contribution in [0.5, 0.6) is 0 Å². The van der Waals surface area contributed by atoms with E-state index in [-0.39, 0.29) is 12.8 Å². The van der Waals surface area contributed by atoms with Crippen LogP contribution >= 0.6 is 0 Å². The molecule has 0 aromatic rings.